The average Bonchev–Trinajstić information content (AvgIpc) is 4.09. The molecule has 0 radical (unpaired) electrons. The van der Waals surface area contributed by atoms with Gasteiger partial charge in [0, 0.05) is 115 Å². The van der Waals surface area contributed by atoms with Crippen molar-refractivity contribution >= 4 is 41.0 Å². The van der Waals surface area contributed by atoms with Crippen LogP contribution in [0.3, 0.4) is 0 Å². The van der Waals surface area contributed by atoms with Crippen molar-refractivity contribution in [2.45, 2.75) is 115 Å². The summed E-state index contributed by atoms with van der Waals surface area (Å²) in [6.07, 6.45) is 7.90. The number of ether oxygens (including phenoxy) is 1. The number of aromatic nitrogens is 4. The molecule has 11 rings (SSSR count). The molecule has 65 heavy (non-hydrogen) atoms. The molecular formula is C48H53F2N9O6. The third-order valence-electron chi connectivity index (χ3n) is 15.5. The Bertz CT molecular complexity index is 2660. The number of hydrogen-bond acceptors (Lipinski definition) is 9. The van der Waals surface area contributed by atoms with Crippen molar-refractivity contribution in [3.05, 3.63) is 75.7 Å². The molecule has 0 unspecified atom stereocenters. The molecule has 6 aliphatic heterocycles. The quantitative estimate of drug-likeness (QED) is 0.242. The molecule has 340 valence electrons. The zero-order valence-electron chi connectivity index (χ0n) is 36.8. The van der Waals surface area contributed by atoms with E-state index in [1.54, 1.807) is 42.0 Å². The number of carbonyl (C=O) groups is 5. The normalized spacial score (nSPS) is 23.6. The number of amides is 5. The van der Waals surface area contributed by atoms with Crippen molar-refractivity contribution in [2.75, 3.05) is 37.7 Å². The second-order valence-electron chi connectivity index (χ2n) is 19.2. The van der Waals surface area contributed by atoms with E-state index in [1.165, 1.54) is 0 Å². The van der Waals surface area contributed by atoms with Gasteiger partial charge in [0.25, 0.3) is 12.3 Å². The highest BCUT2D eigenvalue weighted by atomic mass is 19.3. The van der Waals surface area contributed by atoms with Crippen LogP contribution in [0.1, 0.15) is 121 Å². The van der Waals surface area contributed by atoms with Gasteiger partial charge in [-0.3, -0.25) is 38.7 Å². The number of piperidine rings is 2. The Morgan fingerprint density at radius 2 is 1.71 bits per heavy atom. The van der Waals surface area contributed by atoms with Crippen molar-refractivity contribution in [3.63, 3.8) is 0 Å². The van der Waals surface area contributed by atoms with Crippen molar-refractivity contribution in [3.8, 4) is 16.9 Å². The third kappa shape index (κ3) is 6.89. The highest BCUT2D eigenvalue weighted by molar-refractivity contribution is 6.06. The summed E-state index contributed by atoms with van der Waals surface area (Å²) in [6.45, 7) is 5.13. The first kappa shape index (κ1) is 41.6. The highest BCUT2D eigenvalue weighted by Crippen LogP contribution is 2.50. The summed E-state index contributed by atoms with van der Waals surface area (Å²) < 4.78 is 39.7. The number of anilines is 2. The van der Waals surface area contributed by atoms with Crippen LogP contribution in [-0.4, -0.2) is 103 Å². The van der Waals surface area contributed by atoms with E-state index in [2.05, 4.69) is 20.0 Å². The van der Waals surface area contributed by atoms with Gasteiger partial charge in [0.2, 0.25) is 23.6 Å². The van der Waals surface area contributed by atoms with Crippen LogP contribution in [0.2, 0.25) is 0 Å². The number of rotatable bonds is 6. The average molecular weight is 890 g/mol. The smallest absolute Gasteiger partial charge is 0.264 e. The SMILES string of the molecule is CC(=O)N1CCc2c(c(N3CCCc4cc(-c5cnn(C)c5)c(C(F)F)cc43)nn2C2CCC(C(=O)N3CCC4(CC3)COc3c4ccc4c3CN([C@H]3CCC(=O)NC3=O)C4=O)CC2)C1. The van der Waals surface area contributed by atoms with E-state index in [9.17, 15) is 32.8 Å². The molecule has 15 nitrogen and oxygen atoms in total. The van der Waals surface area contributed by atoms with E-state index in [1.807, 2.05) is 28.0 Å². The molecule has 8 heterocycles. The zero-order chi connectivity index (χ0) is 44.9. The molecule has 0 bridgehead atoms. The van der Waals surface area contributed by atoms with E-state index in [0.717, 1.165) is 96.6 Å². The molecule has 4 aromatic rings. The Morgan fingerprint density at radius 3 is 2.43 bits per heavy atom. The van der Waals surface area contributed by atoms with Crippen LogP contribution in [0, 0.1) is 5.92 Å². The number of carbonyl (C=O) groups excluding carboxylic acids is 5. The Hall–Kier alpha value is -6.13. The topological polar surface area (TPSA) is 155 Å². The fourth-order valence-corrected chi connectivity index (χ4v) is 12.0. The number of hydrogen-bond donors (Lipinski definition) is 1. The summed E-state index contributed by atoms with van der Waals surface area (Å²) >= 11 is 0. The fourth-order valence-electron chi connectivity index (χ4n) is 12.0. The van der Waals surface area contributed by atoms with E-state index in [-0.39, 0.29) is 59.5 Å². The standard InChI is InChI=1S/C48H53F2N9O6/c1-27(60)56-17-13-38-36(24-56)44(57-16-3-4-29-20-33(30-22-51-54(2)23-30)34(43(49)50)21-40(29)57)53-59(38)31-7-5-28(6-8-31)46(63)55-18-14-48(15-19-55)26-65-42-35-25-58(39-11-12-41(61)52-45(39)62)47(64)32(35)9-10-37(42)48/h9-10,20-23,28,31,39,43H,3-8,11-19,24-26H2,1-2H3,(H,52,61,62)/t28?,31?,39-/m0/s1. The predicted octanol–water partition coefficient (Wildman–Crippen LogP) is 5.66. The lowest BCUT2D eigenvalue weighted by molar-refractivity contribution is -0.139. The minimum absolute atomic E-state index is 0.0137. The molecule has 1 spiro atoms. The van der Waals surface area contributed by atoms with Crippen LogP contribution in [0.25, 0.3) is 11.1 Å². The van der Waals surface area contributed by atoms with Crippen LogP contribution in [0.4, 0.5) is 20.3 Å². The van der Waals surface area contributed by atoms with Gasteiger partial charge in [0.05, 0.1) is 31.9 Å². The van der Waals surface area contributed by atoms with Crippen LogP contribution >= 0.6 is 0 Å². The van der Waals surface area contributed by atoms with E-state index >= 15 is 0 Å². The molecule has 1 aliphatic carbocycles. The molecule has 2 aromatic carbocycles. The van der Waals surface area contributed by atoms with Crippen LogP contribution in [-0.2, 0) is 57.6 Å². The van der Waals surface area contributed by atoms with Crippen molar-refractivity contribution in [2.24, 2.45) is 13.0 Å². The number of halogens is 2. The molecule has 1 saturated carbocycles. The van der Waals surface area contributed by atoms with Crippen LogP contribution < -0.4 is 15.0 Å². The summed E-state index contributed by atoms with van der Waals surface area (Å²) in [7, 11) is 1.77. The van der Waals surface area contributed by atoms with Crippen molar-refractivity contribution < 1.29 is 37.5 Å². The monoisotopic (exact) mass is 889 g/mol. The number of imide groups is 1. The predicted molar refractivity (Wildman–Crippen MR) is 232 cm³/mol. The summed E-state index contributed by atoms with van der Waals surface area (Å²) in [6, 6.07) is 6.73. The molecule has 2 aromatic heterocycles. The molecule has 7 aliphatic rings. The lowest BCUT2D eigenvalue weighted by Crippen LogP contribution is -2.52. The highest BCUT2D eigenvalue weighted by Gasteiger charge is 2.49. The van der Waals surface area contributed by atoms with E-state index in [0.29, 0.717) is 68.9 Å². The van der Waals surface area contributed by atoms with Crippen LogP contribution in [0.5, 0.6) is 5.75 Å². The Morgan fingerprint density at radius 1 is 0.908 bits per heavy atom. The number of nitrogens with one attached hydrogen (secondary N) is 1. The van der Waals surface area contributed by atoms with E-state index in [4.69, 9.17) is 9.84 Å². The summed E-state index contributed by atoms with van der Waals surface area (Å²) in [5, 5.41) is 11.9. The van der Waals surface area contributed by atoms with Gasteiger partial charge in [-0.25, -0.2) is 8.78 Å². The van der Waals surface area contributed by atoms with E-state index < -0.39 is 18.4 Å². The van der Waals surface area contributed by atoms with Gasteiger partial charge in [0.15, 0.2) is 5.82 Å². The molecule has 2 saturated heterocycles. The van der Waals surface area contributed by atoms with Gasteiger partial charge in [-0.2, -0.15) is 10.2 Å². The Labute approximate surface area is 375 Å². The first-order valence-electron chi connectivity index (χ1n) is 23.2. The fraction of sp³-hybridized carbons (Fsp3) is 0.521. The van der Waals surface area contributed by atoms with Gasteiger partial charge in [0.1, 0.15) is 11.8 Å². The molecule has 17 heteroatoms. The lowest BCUT2D eigenvalue weighted by atomic mass is 9.73. The molecular weight excluding hydrogens is 837 g/mol. The lowest BCUT2D eigenvalue weighted by Gasteiger charge is -2.40. The molecule has 1 atom stereocenters. The minimum Gasteiger partial charge on any atom is -0.492 e. The minimum atomic E-state index is -2.69. The second-order valence-corrected chi connectivity index (χ2v) is 19.2. The number of aryl methyl sites for hydroxylation is 2. The van der Waals surface area contributed by atoms with Crippen LogP contribution in [0.15, 0.2) is 36.7 Å². The number of fused-ring (bicyclic) bond motifs is 6. The first-order valence-corrected chi connectivity index (χ1v) is 23.2. The van der Waals surface area contributed by atoms with Gasteiger partial charge in [-0.05, 0) is 87.1 Å². The van der Waals surface area contributed by atoms with Crippen molar-refractivity contribution in [1.82, 2.24) is 39.6 Å². The summed E-state index contributed by atoms with van der Waals surface area (Å²) in [4.78, 5) is 72.3. The second kappa shape index (κ2) is 15.8. The molecule has 1 N–H and O–H groups in total. The maximum absolute atomic E-state index is 14.8. The van der Waals surface area contributed by atoms with Gasteiger partial charge >= 0.3 is 0 Å². The molecule has 3 fully saturated rings. The molecule has 5 amide bonds. The summed E-state index contributed by atoms with van der Waals surface area (Å²) in [5.74, 6) is 0.529. The zero-order valence-corrected chi connectivity index (χ0v) is 36.8. The maximum atomic E-state index is 14.8. The van der Waals surface area contributed by atoms with Gasteiger partial charge in [-0.15, -0.1) is 0 Å². The maximum Gasteiger partial charge on any atom is 0.264 e. The van der Waals surface area contributed by atoms with Gasteiger partial charge in [-0.1, -0.05) is 6.07 Å². The number of nitrogens with zero attached hydrogens (tertiary/aromatic N) is 8. The first-order chi connectivity index (χ1) is 31.4. The van der Waals surface area contributed by atoms with Gasteiger partial charge < -0.3 is 24.3 Å². The number of likely N-dealkylation sites (tertiary alicyclic amines) is 1. The third-order valence-corrected chi connectivity index (χ3v) is 15.5. The Balaban J connectivity index is 0.783. The van der Waals surface area contributed by atoms with Crippen molar-refractivity contribution in [1.29, 1.82) is 0 Å². The summed E-state index contributed by atoms with van der Waals surface area (Å²) in [5.41, 5.74) is 6.98. The largest absolute Gasteiger partial charge is 0.492 e. The number of benzene rings is 2. The number of alkyl halides is 2. The Kier molecular flexibility index (Phi) is 10.1.